The molecule has 0 aliphatic carbocycles. The van der Waals surface area contributed by atoms with Crippen LogP contribution in [-0.4, -0.2) is 0 Å². The number of para-hydroxylation sites is 1. The van der Waals surface area contributed by atoms with Crippen LogP contribution in [0.5, 0.6) is 0 Å². The Labute approximate surface area is 117 Å². The Hall–Kier alpha value is -2.35. The second kappa shape index (κ2) is 4.97. The van der Waals surface area contributed by atoms with E-state index in [4.69, 9.17) is 4.42 Å². The molecule has 20 heavy (non-hydrogen) atoms. The van der Waals surface area contributed by atoms with Gasteiger partial charge in [-0.3, -0.25) is 0 Å². The van der Waals surface area contributed by atoms with Gasteiger partial charge in [-0.2, -0.15) is 0 Å². The molecule has 3 aromatic rings. The Morgan fingerprint density at radius 1 is 0.950 bits per heavy atom. The molecule has 0 atom stereocenters. The Morgan fingerprint density at radius 3 is 2.40 bits per heavy atom. The van der Waals surface area contributed by atoms with Crippen LogP contribution >= 0.6 is 0 Å². The fourth-order valence-electron chi connectivity index (χ4n) is 2.62. The predicted molar refractivity (Wildman–Crippen MR) is 81.2 cm³/mol. The van der Waals surface area contributed by atoms with Gasteiger partial charge in [0, 0.05) is 17.4 Å². The largest absolute Gasteiger partial charge is 0.423 e. The summed E-state index contributed by atoms with van der Waals surface area (Å²) in [7, 11) is 0. The van der Waals surface area contributed by atoms with Gasteiger partial charge in [-0.1, -0.05) is 47.5 Å². The number of hydrogen-bond acceptors (Lipinski definition) is 2. The molecule has 1 aromatic heterocycles. The zero-order valence-electron chi connectivity index (χ0n) is 11.6. The minimum Gasteiger partial charge on any atom is -0.423 e. The highest BCUT2D eigenvalue weighted by molar-refractivity contribution is 5.76. The van der Waals surface area contributed by atoms with Crippen LogP contribution < -0.4 is 5.63 Å². The maximum atomic E-state index is 12.0. The number of rotatable bonds is 2. The molecule has 3 rings (SSSR count). The molecule has 2 aromatic carbocycles. The molecule has 1 heterocycles. The minimum atomic E-state index is -0.247. The van der Waals surface area contributed by atoms with Crippen LogP contribution in [-0.2, 0) is 6.42 Å². The molecule has 0 saturated carbocycles. The van der Waals surface area contributed by atoms with Crippen molar-refractivity contribution in [2.24, 2.45) is 0 Å². The molecule has 0 radical (unpaired) electrons. The van der Waals surface area contributed by atoms with Crippen molar-refractivity contribution >= 4 is 11.0 Å². The summed E-state index contributed by atoms with van der Waals surface area (Å²) in [6.45, 7) is 4.14. The third kappa shape index (κ3) is 2.50. The van der Waals surface area contributed by atoms with Crippen molar-refractivity contribution < 1.29 is 4.42 Å². The van der Waals surface area contributed by atoms with Crippen molar-refractivity contribution in [1.29, 1.82) is 0 Å². The summed E-state index contributed by atoms with van der Waals surface area (Å²) in [5, 5.41) is 0.964. The first-order chi connectivity index (χ1) is 9.61. The van der Waals surface area contributed by atoms with Gasteiger partial charge in [0.25, 0.3) is 0 Å². The predicted octanol–water partition coefficient (Wildman–Crippen LogP) is 4.00. The quantitative estimate of drug-likeness (QED) is 0.655. The highest BCUT2D eigenvalue weighted by Crippen LogP contribution is 2.16. The first kappa shape index (κ1) is 12.7. The molecule has 0 bridgehead atoms. The van der Waals surface area contributed by atoms with E-state index >= 15 is 0 Å². The van der Waals surface area contributed by atoms with E-state index in [-0.39, 0.29) is 5.63 Å². The molecule has 100 valence electrons. The van der Waals surface area contributed by atoms with Crippen molar-refractivity contribution in [1.82, 2.24) is 0 Å². The van der Waals surface area contributed by atoms with Crippen molar-refractivity contribution in [2.45, 2.75) is 20.3 Å². The highest BCUT2D eigenvalue weighted by Gasteiger charge is 2.06. The van der Waals surface area contributed by atoms with Crippen LogP contribution in [0, 0.1) is 13.8 Å². The number of hydrogen-bond donors (Lipinski definition) is 0. The number of benzene rings is 2. The van der Waals surface area contributed by atoms with Crippen molar-refractivity contribution in [2.75, 3.05) is 0 Å². The molecule has 0 fully saturated rings. The van der Waals surface area contributed by atoms with E-state index < -0.39 is 0 Å². The summed E-state index contributed by atoms with van der Waals surface area (Å²) in [6, 6.07) is 15.9. The smallest absolute Gasteiger partial charge is 0.339 e. The normalized spacial score (nSPS) is 10.9. The first-order valence-corrected chi connectivity index (χ1v) is 6.71. The molecule has 2 heteroatoms. The van der Waals surface area contributed by atoms with Gasteiger partial charge in [0.1, 0.15) is 5.58 Å². The molecule has 2 nitrogen and oxygen atoms in total. The Morgan fingerprint density at radius 2 is 1.65 bits per heavy atom. The maximum Gasteiger partial charge on any atom is 0.339 e. The topological polar surface area (TPSA) is 30.2 Å². The second-order valence-electron chi connectivity index (χ2n) is 5.27. The van der Waals surface area contributed by atoms with Gasteiger partial charge in [-0.05, 0) is 31.5 Å². The van der Waals surface area contributed by atoms with Gasteiger partial charge in [-0.25, -0.2) is 4.79 Å². The van der Waals surface area contributed by atoms with Crippen LogP contribution in [0.2, 0.25) is 0 Å². The van der Waals surface area contributed by atoms with Crippen LogP contribution in [0.4, 0.5) is 0 Å². The fraction of sp³-hybridized carbons (Fsp3) is 0.167. The van der Waals surface area contributed by atoms with Crippen LogP contribution in [0.25, 0.3) is 11.0 Å². The highest BCUT2D eigenvalue weighted by atomic mass is 16.4. The zero-order chi connectivity index (χ0) is 14.1. The molecular formula is C18H16O2. The van der Waals surface area contributed by atoms with Crippen LogP contribution in [0.1, 0.15) is 22.3 Å². The Balaban J connectivity index is 2.06. The average Bonchev–Trinajstić information content (AvgIpc) is 2.38. The summed E-state index contributed by atoms with van der Waals surface area (Å²) >= 11 is 0. The molecule has 0 amide bonds. The molecule has 0 aliphatic heterocycles. The van der Waals surface area contributed by atoms with Gasteiger partial charge in [0.15, 0.2) is 0 Å². The molecule has 0 spiro atoms. The zero-order valence-corrected chi connectivity index (χ0v) is 11.6. The summed E-state index contributed by atoms with van der Waals surface area (Å²) in [4.78, 5) is 12.0. The lowest BCUT2D eigenvalue weighted by atomic mass is 10.0. The summed E-state index contributed by atoms with van der Waals surface area (Å²) in [5.74, 6) is 0. The third-order valence-corrected chi connectivity index (χ3v) is 3.39. The van der Waals surface area contributed by atoms with Gasteiger partial charge in [-0.15, -0.1) is 0 Å². The number of fused-ring (bicyclic) bond motifs is 1. The van der Waals surface area contributed by atoms with Gasteiger partial charge < -0.3 is 4.42 Å². The lowest BCUT2D eigenvalue weighted by molar-refractivity contribution is 0.552. The Bertz CT molecular complexity index is 808. The van der Waals surface area contributed by atoms with E-state index in [0.717, 1.165) is 10.9 Å². The van der Waals surface area contributed by atoms with Crippen LogP contribution in [0.15, 0.2) is 57.7 Å². The Kier molecular flexibility index (Phi) is 3.15. The molecular weight excluding hydrogens is 248 g/mol. The summed E-state index contributed by atoms with van der Waals surface area (Å²) in [6.07, 6.45) is 0.607. The standard InChI is InChI=1S/C18H16O2/c1-12-7-13(2)9-14(8-12)10-16-11-15-5-3-4-6-17(15)20-18(16)19/h3-9,11H,10H2,1-2H3. The van der Waals surface area contributed by atoms with Crippen molar-refractivity contribution in [3.8, 4) is 0 Å². The minimum absolute atomic E-state index is 0.247. The van der Waals surface area contributed by atoms with Crippen molar-refractivity contribution in [3.05, 3.63) is 81.2 Å². The lowest BCUT2D eigenvalue weighted by Gasteiger charge is -2.05. The fourth-order valence-corrected chi connectivity index (χ4v) is 2.62. The number of aryl methyl sites for hydroxylation is 2. The average molecular weight is 264 g/mol. The molecule has 0 saturated heterocycles. The van der Waals surface area contributed by atoms with Gasteiger partial charge in [0.05, 0.1) is 0 Å². The van der Waals surface area contributed by atoms with E-state index in [9.17, 15) is 4.79 Å². The SMILES string of the molecule is Cc1cc(C)cc(Cc2cc3ccccc3oc2=O)c1. The van der Waals surface area contributed by atoms with Crippen LogP contribution in [0.3, 0.4) is 0 Å². The molecule has 0 unspecified atom stereocenters. The maximum absolute atomic E-state index is 12.0. The summed E-state index contributed by atoms with van der Waals surface area (Å²) in [5.41, 5.74) is 4.67. The monoisotopic (exact) mass is 264 g/mol. The molecule has 0 N–H and O–H groups in total. The van der Waals surface area contributed by atoms with Gasteiger partial charge >= 0.3 is 5.63 Å². The van der Waals surface area contributed by atoms with E-state index in [1.54, 1.807) is 0 Å². The lowest BCUT2D eigenvalue weighted by Crippen LogP contribution is -2.07. The van der Waals surface area contributed by atoms with E-state index in [2.05, 4.69) is 32.0 Å². The van der Waals surface area contributed by atoms with Gasteiger partial charge in [0.2, 0.25) is 0 Å². The second-order valence-corrected chi connectivity index (χ2v) is 5.27. The summed E-state index contributed by atoms with van der Waals surface area (Å²) < 4.78 is 5.37. The first-order valence-electron chi connectivity index (χ1n) is 6.71. The van der Waals surface area contributed by atoms with Crippen molar-refractivity contribution in [3.63, 3.8) is 0 Å². The van der Waals surface area contributed by atoms with E-state index in [1.807, 2.05) is 30.3 Å². The van der Waals surface area contributed by atoms with E-state index in [1.165, 1.54) is 11.1 Å². The third-order valence-electron chi connectivity index (χ3n) is 3.39. The van der Waals surface area contributed by atoms with E-state index in [0.29, 0.717) is 17.6 Å². The molecule has 0 aliphatic rings.